The van der Waals surface area contributed by atoms with Crippen LogP contribution in [0.15, 0.2) is 72.8 Å². The number of fused-ring (bicyclic) bond motifs is 1. The fraction of sp³-hybridized carbons (Fsp3) is 0.0455. The van der Waals surface area contributed by atoms with Gasteiger partial charge in [-0.3, -0.25) is 4.79 Å². The van der Waals surface area contributed by atoms with Crippen LogP contribution >= 0.6 is 0 Å². The van der Waals surface area contributed by atoms with Gasteiger partial charge in [0.1, 0.15) is 11.5 Å². The Labute approximate surface area is 145 Å². The third kappa shape index (κ3) is 2.50. The number of allylic oxidation sites excluding steroid dienone is 1. The molecule has 122 valence electrons. The fourth-order valence-corrected chi connectivity index (χ4v) is 3.24. The first-order valence-electron chi connectivity index (χ1n) is 8.01. The van der Waals surface area contributed by atoms with Gasteiger partial charge in [-0.15, -0.1) is 0 Å². The van der Waals surface area contributed by atoms with E-state index in [0.29, 0.717) is 11.1 Å². The highest BCUT2D eigenvalue weighted by molar-refractivity contribution is 6.41. The summed E-state index contributed by atoms with van der Waals surface area (Å²) in [5.74, 6) is 0.968. The van der Waals surface area contributed by atoms with E-state index in [0.717, 1.165) is 28.0 Å². The molecule has 0 fully saturated rings. The predicted octanol–water partition coefficient (Wildman–Crippen LogP) is 4.56. The van der Waals surface area contributed by atoms with E-state index in [4.69, 9.17) is 4.74 Å². The van der Waals surface area contributed by atoms with E-state index in [9.17, 15) is 9.90 Å². The summed E-state index contributed by atoms with van der Waals surface area (Å²) >= 11 is 0. The number of phenolic OH excluding ortho intramolecular Hbond substituents is 1. The number of aromatic hydroxyl groups is 1. The molecule has 1 N–H and O–H groups in total. The molecule has 0 bridgehead atoms. The lowest BCUT2D eigenvalue weighted by Crippen LogP contribution is -1.98. The number of methoxy groups -OCH3 is 1. The van der Waals surface area contributed by atoms with Gasteiger partial charge in [-0.25, -0.2) is 0 Å². The zero-order valence-electron chi connectivity index (χ0n) is 13.7. The molecule has 25 heavy (non-hydrogen) atoms. The van der Waals surface area contributed by atoms with Crippen LogP contribution in [0.4, 0.5) is 0 Å². The van der Waals surface area contributed by atoms with Crippen LogP contribution in [-0.2, 0) is 0 Å². The van der Waals surface area contributed by atoms with Crippen molar-refractivity contribution in [2.45, 2.75) is 0 Å². The van der Waals surface area contributed by atoms with Crippen molar-refractivity contribution in [2.24, 2.45) is 0 Å². The summed E-state index contributed by atoms with van der Waals surface area (Å²) in [7, 11) is 1.62. The summed E-state index contributed by atoms with van der Waals surface area (Å²) < 4.78 is 5.22. The lowest BCUT2D eigenvalue weighted by molar-refractivity contribution is 0.105. The van der Waals surface area contributed by atoms with Crippen LogP contribution in [0.1, 0.15) is 27.0 Å². The molecule has 3 nitrogen and oxygen atoms in total. The van der Waals surface area contributed by atoms with E-state index < -0.39 is 0 Å². The van der Waals surface area contributed by atoms with Crippen LogP contribution < -0.4 is 4.74 Å². The van der Waals surface area contributed by atoms with Crippen molar-refractivity contribution in [3.8, 4) is 11.5 Å². The van der Waals surface area contributed by atoms with E-state index in [1.807, 2.05) is 60.7 Å². The number of rotatable bonds is 3. The molecule has 0 saturated heterocycles. The highest BCUT2D eigenvalue weighted by Gasteiger charge is 2.30. The Kier molecular flexibility index (Phi) is 3.62. The van der Waals surface area contributed by atoms with Crippen LogP contribution in [0.3, 0.4) is 0 Å². The maximum Gasteiger partial charge on any atom is 0.194 e. The van der Waals surface area contributed by atoms with E-state index in [2.05, 4.69) is 0 Å². The number of Topliss-reactive ketones (excluding diaryl/α,β-unsaturated/α-hetero) is 1. The molecule has 0 unspecified atom stereocenters. The molecule has 3 aromatic rings. The minimum atomic E-state index is 0.0174. The minimum absolute atomic E-state index is 0.0174. The second-order valence-corrected chi connectivity index (χ2v) is 5.90. The molecule has 1 aliphatic rings. The molecule has 4 rings (SSSR count). The Bertz CT molecular complexity index is 981. The van der Waals surface area contributed by atoms with Crippen molar-refractivity contribution >= 4 is 16.9 Å². The smallest absolute Gasteiger partial charge is 0.194 e. The van der Waals surface area contributed by atoms with Gasteiger partial charge in [0.05, 0.1) is 7.11 Å². The first-order chi connectivity index (χ1) is 12.2. The summed E-state index contributed by atoms with van der Waals surface area (Å²) in [6.07, 6.45) is 0. The number of phenols is 1. The molecule has 0 radical (unpaired) electrons. The largest absolute Gasteiger partial charge is 0.508 e. The highest BCUT2D eigenvalue weighted by atomic mass is 16.5. The summed E-state index contributed by atoms with van der Waals surface area (Å²) in [4.78, 5) is 13.1. The highest BCUT2D eigenvalue weighted by Crippen LogP contribution is 2.42. The van der Waals surface area contributed by atoms with Crippen molar-refractivity contribution in [1.29, 1.82) is 0 Å². The zero-order chi connectivity index (χ0) is 17.4. The number of benzene rings is 3. The van der Waals surface area contributed by atoms with Gasteiger partial charge in [0.2, 0.25) is 0 Å². The molecule has 0 aliphatic heterocycles. The molecule has 0 atom stereocenters. The van der Waals surface area contributed by atoms with Crippen LogP contribution in [0.25, 0.3) is 11.1 Å². The first-order valence-corrected chi connectivity index (χ1v) is 8.01. The molecule has 0 spiro atoms. The number of carbonyl (C=O) groups excluding carboxylic acids is 1. The molecule has 3 aromatic carbocycles. The number of hydrogen-bond donors (Lipinski definition) is 1. The molecule has 0 heterocycles. The summed E-state index contributed by atoms with van der Waals surface area (Å²) in [5, 5.41) is 9.59. The summed E-state index contributed by atoms with van der Waals surface area (Å²) in [6, 6.07) is 22.1. The summed E-state index contributed by atoms with van der Waals surface area (Å²) in [5.41, 5.74) is 4.95. The van der Waals surface area contributed by atoms with E-state index in [-0.39, 0.29) is 11.5 Å². The van der Waals surface area contributed by atoms with Crippen molar-refractivity contribution < 1.29 is 14.6 Å². The molecule has 1 aliphatic carbocycles. The summed E-state index contributed by atoms with van der Waals surface area (Å²) in [6.45, 7) is 0. The maximum atomic E-state index is 13.1. The van der Waals surface area contributed by atoms with Crippen molar-refractivity contribution in [2.75, 3.05) is 7.11 Å². The fourth-order valence-electron chi connectivity index (χ4n) is 3.24. The second kappa shape index (κ2) is 5.95. The predicted molar refractivity (Wildman–Crippen MR) is 97.8 cm³/mol. The van der Waals surface area contributed by atoms with E-state index in [1.54, 1.807) is 19.2 Å². The van der Waals surface area contributed by atoms with Gasteiger partial charge >= 0.3 is 0 Å². The Morgan fingerprint density at radius 1 is 0.720 bits per heavy atom. The lowest BCUT2D eigenvalue weighted by atomic mass is 9.94. The maximum absolute atomic E-state index is 13.1. The standard InChI is InChI=1S/C22H16O3/c1-25-17-12-8-15(9-13-17)21-20(14-6-10-16(23)11-7-14)18-4-2-3-5-19(18)22(21)24/h2-13,23H,1H3. The van der Waals surface area contributed by atoms with E-state index >= 15 is 0 Å². The Balaban J connectivity index is 1.97. The minimum Gasteiger partial charge on any atom is -0.508 e. The average molecular weight is 328 g/mol. The van der Waals surface area contributed by atoms with E-state index in [1.165, 1.54) is 0 Å². The third-order valence-electron chi connectivity index (χ3n) is 4.45. The van der Waals surface area contributed by atoms with Gasteiger partial charge in [0.25, 0.3) is 0 Å². The molecule has 0 aromatic heterocycles. The van der Waals surface area contributed by atoms with Crippen LogP contribution in [0, 0.1) is 0 Å². The van der Waals surface area contributed by atoms with Gasteiger partial charge in [-0.05, 0) is 41.0 Å². The number of carbonyl (C=O) groups is 1. The number of hydrogen-bond acceptors (Lipinski definition) is 3. The zero-order valence-corrected chi connectivity index (χ0v) is 13.7. The molecule has 0 saturated carbocycles. The quantitative estimate of drug-likeness (QED) is 0.767. The van der Waals surface area contributed by atoms with Gasteiger partial charge in [-0.2, -0.15) is 0 Å². The molecule has 0 amide bonds. The monoisotopic (exact) mass is 328 g/mol. The molecule has 3 heteroatoms. The lowest BCUT2D eigenvalue weighted by Gasteiger charge is -2.09. The van der Waals surface area contributed by atoms with Crippen molar-refractivity contribution in [3.05, 3.63) is 95.1 Å². The van der Waals surface area contributed by atoms with Crippen molar-refractivity contribution in [1.82, 2.24) is 0 Å². The van der Waals surface area contributed by atoms with Gasteiger partial charge in [0.15, 0.2) is 5.78 Å². The van der Waals surface area contributed by atoms with Crippen LogP contribution in [-0.4, -0.2) is 18.0 Å². The third-order valence-corrected chi connectivity index (χ3v) is 4.45. The van der Waals surface area contributed by atoms with Gasteiger partial charge in [-0.1, -0.05) is 48.5 Å². The molecular formula is C22H16O3. The van der Waals surface area contributed by atoms with Gasteiger partial charge in [0, 0.05) is 16.7 Å². The Morgan fingerprint density at radius 3 is 1.92 bits per heavy atom. The second-order valence-electron chi connectivity index (χ2n) is 5.90. The topological polar surface area (TPSA) is 46.5 Å². The van der Waals surface area contributed by atoms with Crippen molar-refractivity contribution in [3.63, 3.8) is 0 Å². The van der Waals surface area contributed by atoms with Crippen LogP contribution in [0.5, 0.6) is 11.5 Å². The normalized spacial score (nSPS) is 13.1. The number of ether oxygens (including phenoxy) is 1. The average Bonchev–Trinajstić information content (AvgIpc) is 2.95. The number of ketones is 1. The Morgan fingerprint density at radius 2 is 1.28 bits per heavy atom. The van der Waals surface area contributed by atoms with Crippen LogP contribution in [0.2, 0.25) is 0 Å². The SMILES string of the molecule is COc1ccc(C2=C(c3ccc(O)cc3)c3ccccc3C2=O)cc1. The Hall–Kier alpha value is -3.33. The first kappa shape index (κ1) is 15.2. The molecular weight excluding hydrogens is 312 g/mol. The van der Waals surface area contributed by atoms with Gasteiger partial charge < -0.3 is 9.84 Å².